The smallest absolute Gasteiger partial charge is 0.269 e. The Hall–Kier alpha value is -1.16. The van der Waals surface area contributed by atoms with E-state index in [2.05, 4.69) is 21.0 Å². The maximum absolute atomic E-state index is 12.0. The fourth-order valence-corrected chi connectivity index (χ4v) is 1.63. The maximum atomic E-state index is 12.0. The van der Waals surface area contributed by atoms with E-state index in [0.29, 0.717) is 0 Å². The van der Waals surface area contributed by atoms with Crippen LogP contribution in [0.15, 0.2) is 35.4 Å². The Morgan fingerprint density at radius 3 is 2.40 bits per heavy atom. The van der Waals surface area contributed by atoms with Gasteiger partial charge in [0.1, 0.15) is 4.32 Å². The van der Waals surface area contributed by atoms with Crippen LogP contribution in [0.5, 0.6) is 0 Å². The summed E-state index contributed by atoms with van der Waals surface area (Å²) in [6.07, 6.45) is 0. The van der Waals surface area contributed by atoms with E-state index >= 15 is 0 Å². The van der Waals surface area contributed by atoms with Crippen molar-refractivity contribution in [1.29, 1.82) is 0 Å². The van der Waals surface area contributed by atoms with E-state index in [0.717, 1.165) is 11.4 Å². The van der Waals surface area contributed by atoms with Gasteiger partial charge in [0.25, 0.3) is 5.91 Å². The minimum atomic E-state index is -0.664. The van der Waals surface area contributed by atoms with Gasteiger partial charge in [-0.15, -0.1) is 0 Å². The highest BCUT2D eigenvalue weighted by Gasteiger charge is 2.43. The zero-order valence-electron chi connectivity index (χ0n) is 8.57. The summed E-state index contributed by atoms with van der Waals surface area (Å²) in [5.41, 5.74) is 1.57. The summed E-state index contributed by atoms with van der Waals surface area (Å²) < 4.78 is -0.664. The summed E-state index contributed by atoms with van der Waals surface area (Å²) in [6, 6.07) is 9.41. The molecule has 78 valence electrons. The first-order valence-electron chi connectivity index (χ1n) is 4.67. The molecule has 1 aliphatic rings. The lowest BCUT2D eigenvalue weighted by Crippen LogP contribution is -2.37. The summed E-state index contributed by atoms with van der Waals surface area (Å²) in [6.45, 7) is 3.66. The standard InChI is InChI=1S/C11H11BrN2O/c1-8-11(2,12)10(15)14(13-8)9-6-4-3-5-7-9/h3-7H,1-2H3. The van der Waals surface area contributed by atoms with Gasteiger partial charge in [-0.25, -0.2) is 0 Å². The van der Waals surface area contributed by atoms with Crippen LogP contribution in [-0.2, 0) is 4.79 Å². The van der Waals surface area contributed by atoms with Crippen molar-refractivity contribution < 1.29 is 4.79 Å². The molecule has 1 aliphatic heterocycles. The number of carbonyl (C=O) groups excluding carboxylic acids is 1. The van der Waals surface area contributed by atoms with Crippen LogP contribution in [0.25, 0.3) is 0 Å². The number of halogens is 1. The van der Waals surface area contributed by atoms with Crippen molar-refractivity contribution in [2.45, 2.75) is 18.2 Å². The molecular weight excluding hydrogens is 256 g/mol. The number of rotatable bonds is 1. The van der Waals surface area contributed by atoms with Gasteiger partial charge in [0.05, 0.1) is 11.4 Å². The van der Waals surface area contributed by atoms with Crippen LogP contribution in [0, 0.1) is 0 Å². The molecular formula is C11H11BrN2O. The third kappa shape index (κ3) is 1.59. The van der Waals surface area contributed by atoms with Crippen LogP contribution < -0.4 is 5.01 Å². The number of nitrogens with zero attached hydrogens (tertiary/aromatic N) is 2. The van der Waals surface area contributed by atoms with E-state index in [1.807, 2.05) is 44.2 Å². The molecule has 0 aliphatic carbocycles. The Morgan fingerprint density at radius 2 is 1.93 bits per heavy atom. The molecule has 15 heavy (non-hydrogen) atoms. The molecule has 0 saturated heterocycles. The lowest BCUT2D eigenvalue weighted by molar-refractivity contribution is -0.118. The average molecular weight is 267 g/mol. The SMILES string of the molecule is CC1=NN(c2ccccc2)C(=O)C1(C)Br. The zero-order chi connectivity index (χ0) is 11.1. The summed E-state index contributed by atoms with van der Waals surface area (Å²) in [5, 5.41) is 5.68. The zero-order valence-corrected chi connectivity index (χ0v) is 10.2. The van der Waals surface area contributed by atoms with Gasteiger partial charge >= 0.3 is 0 Å². The highest BCUT2D eigenvalue weighted by molar-refractivity contribution is 9.10. The molecule has 0 bridgehead atoms. The molecule has 0 N–H and O–H groups in total. The van der Waals surface area contributed by atoms with Crippen molar-refractivity contribution in [3.63, 3.8) is 0 Å². The number of hydrogen-bond donors (Lipinski definition) is 0. The molecule has 2 rings (SSSR count). The summed E-state index contributed by atoms with van der Waals surface area (Å²) >= 11 is 3.39. The van der Waals surface area contributed by atoms with Gasteiger partial charge in [-0.05, 0) is 26.0 Å². The van der Waals surface area contributed by atoms with E-state index in [4.69, 9.17) is 0 Å². The number of alkyl halides is 1. The van der Waals surface area contributed by atoms with Gasteiger partial charge in [0.15, 0.2) is 0 Å². The van der Waals surface area contributed by atoms with Crippen LogP contribution in [0.4, 0.5) is 5.69 Å². The quantitative estimate of drug-likeness (QED) is 0.720. The van der Waals surface area contributed by atoms with Gasteiger partial charge in [-0.2, -0.15) is 10.1 Å². The van der Waals surface area contributed by atoms with Crippen LogP contribution in [0.3, 0.4) is 0 Å². The van der Waals surface area contributed by atoms with Crippen LogP contribution in [0.1, 0.15) is 13.8 Å². The van der Waals surface area contributed by atoms with E-state index in [1.54, 1.807) is 0 Å². The molecule has 0 radical (unpaired) electrons. The minimum absolute atomic E-state index is 0.0498. The largest absolute Gasteiger partial charge is 0.270 e. The number of para-hydroxylation sites is 1. The second-order valence-corrected chi connectivity index (χ2v) is 5.23. The van der Waals surface area contributed by atoms with Crippen molar-refractivity contribution in [3.8, 4) is 0 Å². The van der Waals surface area contributed by atoms with Crippen molar-refractivity contribution >= 4 is 33.2 Å². The van der Waals surface area contributed by atoms with Crippen molar-refractivity contribution in [3.05, 3.63) is 30.3 Å². The molecule has 1 heterocycles. The number of carbonyl (C=O) groups is 1. The van der Waals surface area contributed by atoms with Gasteiger partial charge in [-0.3, -0.25) is 4.79 Å². The molecule has 1 amide bonds. The normalized spacial score (nSPS) is 25.7. The Kier molecular flexibility index (Phi) is 2.38. The van der Waals surface area contributed by atoms with Crippen LogP contribution in [-0.4, -0.2) is 15.9 Å². The summed E-state index contributed by atoms with van der Waals surface area (Å²) in [7, 11) is 0. The first kappa shape index (κ1) is 10.4. The van der Waals surface area contributed by atoms with Crippen molar-refractivity contribution in [1.82, 2.24) is 0 Å². The van der Waals surface area contributed by atoms with Crippen LogP contribution >= 0.6 is 15.9 Å². The Balaban J connectivity index is 2.40. The molecule has 0 saturated carbocycles. The number of hydrogen-bond acceptors (Lipinski definition) is 2. The maximum Gasteiger partial charge on any atom is 0.269 e. The van der Waals surface area contributed by atoms with Crippen molar-refractivity contribution in [2.75, 3.05) is 5.01 Å². The van der Waals surface area contributed by atoms with Crippen LogP contribution in [0.2, 0.25) is 0 Å². The molecule has 1 aromatic rings. The molecule has 3 nitrogen and oxygen atoms in total. The highest BCUT2D eigenvalue weighted by Crippen LogP contribution is 2.31. The molecule has 1 aromatic carbocycles. The molecule has 1 atom stereocenters. The molecule has 0 spiro atoms. The number of benzene rings is 1. The summed E-state index contributed by atoms with van der Waals surface area (Å²) in [4.78, 5) is 12.0. The number of anilines is 1. The predicted molar refractivity (Wildman–Crippen MR) is 64.4 cm³/mol. The Morgan fingerprint density at radius 1 is 1.33 bits per heavy atom. The predicted octanol–water partition coefficient (Wildman–Crippen LogP) is 2.56. The topological polar surface area (TPSA) is 32.7 Å². The molecule has 0 fully saturated rings. The average Bonchev–Trinajstić information content (AvgIpc) is 2.44. The van der Waals surface area contributed by atoms with Gasteiger partial charge in [0, 0.05) is 0 Å². The van der Waals surface area contributed by atoms with E-state index in [-0.39, 0.29) is 5.91 Å². The number of hydrazone groups is 1. The molecule has 1 unspecified atom stereocenters. The van der Waals surface area contributed by atoms with Gasteiger partial charge in [0.2, 0.25) is 0 Å². The Labute approximate surface area is 96.9 Å². The fourth-order valence-electron chi connectivity index (χ4n) is 1.39. The second kappa shape index (κ2) is 3.45. The lowest BCUT2D eigenvalue weighted by Gasteiger charge is -2.16. The molecule has 0 aromatic heterocycles. The summed E-state index contributed by atoms with van der Waals surface area (Å²) in [5.74, 6) is -0.0498. The molecule has 4 heteroatoms. The first-order valence-corrected chi connectivity index (χ1v) is 5.47. The fraction of sp³-hybridized carbons (Fsp3) is 0.273. The highest BCUT2D eigenvalue weighted by atomic mass is 79.9. The van der Waals surface area contributed by atoms with E-state index in [1.165, 1.54) is 5.01 Å². The van der Waals surface area contributed by atoms with Crippen molar-refractivity contribution in [2.24, 2.45) is 5.10 Å². The third-order valence-electron chi connectivity index (χ3n) is 2.52. The Bertz CT molecular complexity index is 425. The monoisotopic (exact) mass is 266 g/mol. The van der Waals surface area contributed by atoms with E-state index < -0.39 is 4.32 Å². The first-order chi connectivity index (χ1) is 7.03. The number of amides is 1. The van der Waals surface area contributed by atoms with Gasteiger partial charge in [-0.1, -0.05) is 34.1 Å². The lowest BCUT2D eigenvalue weighted by atomic mass is 10.1. The third-order valence-corrected chi connectivity index (χ3v) is 3.44. The second-order valence-electron chi connectivity index (χ2n) is 3.64. The van der Waals surface area contributed by atoms with Gasteiger partial charge < -0.3 is 0 Å². The van der Waals surface area contributed by atoms with E-state index in [9.17, 15) is 4.79 Å². The minimum Gasteiger partial charge on any atom is -0.270 e.